The molecule has 0 saturated carbocycles. The van der Waals surface area contributed by atoms with E-state index in [9.17, 15) is 9.90 Å². The van der Waals surface area contributed by atoms with Crippen molar-refractivity contribution in [2.24, 2.45) is 5.92 Å². The molecule has 0 bridgehead atoms. The fourth-order valence-electron chi connectivity index (χ4n) is 1.61. The van der Waals surface area contributed by atoms with Crippen LogP contribution >= 0.6 is 11.3 Å². The monoisotopic (exact) mass is 242 g/mol. The SMILES string of the molecule is CCC(CC)C(O)CNC(=O)c1cscn1. The van der Waals surface area contributed by atoms with Crippen LogP contribution in [0.4, 0.5) is 0 Å². The van der Waals surface area contributed by atoms with E-state index in [0.29, 0.717) is 12.2 Å². The Morgan fingerprint density at radius 2 is 2.25 bits per heavy atom. The van der Waals surface area contributed by atoms with Gasteiger partial charge in [0.15, 0.2) is 0 Å². The number of hydrogen-bond donors (Lipinski definition) is 2. The Labute approximate surface area is 99.7 Å². The fraction of sp³-hybridized carbons (Fsp3) is 0.636. The van der Waals surface area contributed by atoms with Gasteiger partial charge in [-0.1, -0.05) is 26.7 Å². The van der Waals surface area contributed by atoms with Crippen molar-refractivity contribution in [1.29, 1.82) is 0 Å². The lowest BCUT2D eigenvalue weighted by atomic mass is 9.96. The second-order valence-electron chi connectivity index (χ2n) is 3.73. The zero-order chi connectivity index (χ0) is 12.0. The van der Waals surface area contributed by atoms with E-state index in [1.54, 1.807) is 10.9 Å². The fourth-order valence-corrected chi connectivity index (χ4v) is 2.14. The van der Waals surface area contributed by atoms with Gasteiger partial charge in [0.05, 0.1) is 11.6 Å². The molecule has 0 aromatic carbocycles. The van der Waals surface area contributed by atoms with E-state index in [4.69, 9.17) is 0 Å². The lowest BCUT2D eigenvalue weighted by molar-refractivity contribution is 0.0813. The molecule has 0 saturated heterocycles. The third-order valence-electron chi connectivity index (χ3n) is 2.73. The van der Waals surface area contributed by atoms with Crippen molar-refractivity contribution in [1.82, 2.24) is 10.3 Å². The molecule has 16 heavy (non-hydrogen) atoms. The van der Waals surface area contributed by atoms with Gasteiger partial charge < -0.3 is 10.4 Å². The van der Waals surface area contributed by atoms with Crippen LogP contribution in [0.3, 0.4) is 0 Å². The maximum atomic E-state index is 11.5. The highest BCUT2D eigenvalue weighted by molar-refractivity contribution is 7.07. The predicted octanol–water partition coefficient (Wildman–Crippen LogP) is 1.67. The highest BCUT2D eigenvalue weighted by Gasteiger charge is 2.16. The maximum Gasteiger partial charge on any atom is 0.270 e. The smallest absolute Gasteiger partial charge is 0.270 e. The summed E-state index contributed by atoms with van der Waals surface area (Å²) in [6, 6.07) is 0. The molecule has 5 heteroatoms. The lowest BCUT2D eigenvalue weighted by Gasteiger charge is -2.19. The molecule has 1 rings (SSSR count). The minimum absolute atomic E-state index is 0.216. The van der Waals surface area contributed by atoms with Crippen molar-refractivity contribution in [2.75, 3.05) is 6.54 Å². The number of aromatic nitrogens is 1. The lowest BCUT2D eigenvalue weighted by Crippen LogP contribution is -2.36. The summed E-state index contributed by atoms with van der Waals surface area (Å²) >= 11 is 1.38. The minimum atomic E-state index is -0.474. The molecule has 1 aromatic heterocycles. The zero-order valence-corrected chi connectivity index (χ0v) is 10.5. The molecule has 0 aliphatic heterocycles. The number of nitrogens with zero attached hydrogens (tertiary/aromatic N) is 1. The van der Waals surface area contributed by atoms with E-state index in [0.717, 1.165) is 12.8 Å². The summed E-state index contributed by atoms with van der Waals surface area (Å²) in [6.07, 6.45) is 1.37. The van der Waals surface area contributed by atoms with Gasteiger partial charge in [0.1, 0.15) is 5.69 Å². The molecule has 0 spiro atoms. The third kappa shape index (κ3) is 3.57. The van der Waals surface area contributed by atoms with Crippen LogP contribution < -0.4 is 5.32 Å². The Hall–Kier alpha value is -0.940. The first-order valence-corrected chi connectivity index (χ1v) is 6.47. The van der Waals surface area contributed by atoms with Gasteiger partial charge in [-0.15, -0.1) is 11.3 Å². The van der Waals surface area contributed by atoms with Crippen molar-refractivity contribution >= 4 is 17.2 Å². The van der Waals surface area contributed by atoms with Crippen molar-refractivity contribution in [3.05, 3.63) is 16.6 Å². The average molecular weight is 242 g/mol. The number of aliphatic hydroxyl groups excluding tert-OH is 1. The van der Waals surface area contributed by atoms with Crippen molar-refractivity contribution in [3.8, 4) is 0 Å². The zero-order valence-electron chi connectivity index (χ0n) is 9.64. The second kappa shape index (κ2) is 6.60. The van der Waals surface area contributed by atoms with Gasteiger partial charge in [0.25, 0.3) is 5.91 Å². The van der Waals surface area contributed by atoms with Gasteiger partial charge in [0, 0.05) is 11.9 Å². The number of nitrogens with one attached hydrogen (secondary N) is 1. The van der Waals surface area contributed by atoms with Crippen LogP contribution in [0.1, 0.15) is 37.2 Å². The van der Waals surface area contributed by atoms with E-state index >= 15 is 0 Å². The largest absolute Gasteiger partial charge is 0.391 e. The first-order chi connectivity index (χ1) is 7.69. The van der Waals surface area contributed by atoms with E-state index in [2.05, 4.69) is 10.3 Å². The van der Waals surface area contributed by atoms with Crippen LogP contribution in [0.25, 0.3) is 0 Å². The maximum absolute atomic E-state index is 11.5. The van der Waals surface area contributed by atoms with Gasteiger partial charge >= 0.3 is 0 Å². The van der Waals surface area contributed by atoms with Crippen LogP contribution in [0, 0.1) is 5.92 Å². The molecule has 1 heterocycles. The Kier molecular flexibility index (Phi) is 5.42. The van der Waals surface area contributed by atoms with E-state index < -0.39 is 6.10 Å². The summed E-state index contributed by atoms with van der Waals surface area (Å²) in [5.41, 5.74) is 2.04. The summed E-state index contributed by atoms with van der Waals surface area (Å²) in [5.74, 6) is 0.0296. The summed E-state index contributed by atoms with van der Waals surface area (Å²) in [6.45, 7) is 4.38. The number of aliphatic hydroxyl groups is 1. The molecule has 0 radical (unpaired) electrons. The predicted molar refractivity (Wildman–Crippen MR) is 64.5 cm³/mol. The number of rotatable bonds is 6. The molecule has 1 unspecified atom stereocenters. The van der Waals surface area contributed by atoms with E-state index in [-0.39, 0.29) is 11.8 Å². The molecule has 2 N–H and O–H groups in total. The number of hydrogen-bond acceptors (Lipinski definition) is 4. The van der Waals surface area contributed by atoms with Gasteiger partial charge in [-0.05, 0) is 5.92 Å². The number of thiazole rings is 1. The summed E-state index contributed by atoms with van der Waals surface area (Å²) < 4.78 is 0. The summed E-state index contributed by atoms with van der Waals surface area (Å²) in [7, 11) is 0. The molecule has 4 nitrogen and oxygen atoms in total. The highest BCUT2D eigenvalue weighted by atomic mass is 32.1. The standard InChI is InChI=1S/C11H18N2O2S/c1-3-8(4-2)10(14)5-12-11(15)9-6-16-7-13-9/h6-8,10,14H,3-5H2,1-2H3,(H,12,15). The number of carbonyl (C=O) groups excluding carboxylic acids is 1. The number of amides is 1. The normalized spacial score (nSPS) is 12.8. The van der Waals surface area contributed by atoms with E-state index in [1.165, 1.54) is 11.3 Å². The first kappa shape index (κ1) is 13.1. The minimum Gasteiger partial charge on any atom is -0.391 e. The second-order valence-corrected chi connectivity index (χ2v) is 4.45. The Balaban J connectivity index is 2.37. The van der Waals surface area contributed by atoms with Gasteiger partial charge in [-0.2, -0.15) is 0 Å². The summed E-state index contributed by atoms with van der Waals surface area (Å²) in [5, 5.41) is 14.2. The molecule has 0 aliphatic rings. The van der Waals surface area contributed by atoms with E-state index in [1.807, 2.05) is 13.8 Å². The van der Waals surface area contributed by atoms with Crippen molar-refractivity contribution < 1.29 is 9.90 Å². The van der Waals surface area contributed by atoms with Crippen LogP contribution in [-0.4, -0.2) is 28.6 Å². The van der Waals surface area contributed by atoms with Crippen LogP contribution in [0.15, 0.2) is 10.9 Å². The third-order valence-corrected chi connectivity index (χ3v) is 3.32. The van der Waals surface area contributed by atoms with Gasteiger partial charge in [-0.3, -0.25) is 4.79 Å². The van der Waals surface area contributed by atoms with Gasteiger partial charge in [0.2, 0.25) is 0 Å². The molecular weight excluding hydrogens is 224 g/mol. The number of carbonyl (C=O) groups is 1. The molecule has 0 aliphatic carbocycles. The molecule has 0 fully saturated rings. The van der Waals surface area contributed by atoms with Gasteiger partial charge in [-0.25, -0.2) is 4.98 Å². The van der Waals surface area contributed by atoms with Crippen molar-refractivity contribution in [3.63, 3.8) is 0 Å². The average Bonchev–Trinajstić information content (AvgIpc) is 2.81. The summed E-state index contributed by atoms with van der Waals surface area (Å²) in [4.78, 5) is 15.4. The van der Waals surface area contributed by atoms with Crippen LogP contribution in [0.5, 0.6) is 0 Å². The molecule has 1 aromatic rings. The molecule has 90 valence electrons. The molecule has 1 amide bonds. The quantitative estimate of drug-likeness (QED) is 0.797. The first-order valence-electron chi connectivity index (χ1n) is 5.53. The van der Waals surface area contributed by atoms with Crippen molar-refractivity contribution in [2.45, 2.75) is 32.8 Å². The molecular formula is C11H18N2O2S. The Morgan fingerprint density at radius 3 is 2.75 bits per heavy atom. The Bertz CT molecular complexity index is 310. The van der Waals surface area contributed by atoms with Crippen LogP contribution in [0.2, 0.25) is 0 Å². The molecule has 1 atom stereocenters. The highest BCUT2D eigenvalue weighted by Crippen LogP contribution is 2.12. The van der Waals surface area contributed by atoms with Crippen LogP contribution in [-0.2, 0) is 0 Å². The topological polar surface area (TPSA) is 62.2 Å². The Morgan fingerprint density at radius 1 is 1.56 bits per heavy atom.